The summed E-state index contributed by atoms with van der Waals surface area (Å²) in [6.45, 7) is 1.71. The fourth-order valence-corrected chi connectivity index (χ4v) is 2.25. The Morgan fingerprint density at radius 1 is 1.48 bits per heavy atom. The van der Waals surface area contributed by atoms with Crippen molar-refractivity contribution in [3.8, 4) is 11.6 Å². The molecule has 0 aliphatic heterocycles. The lowest BCUT2D eigenvalue weighted by atomic mass is 10.2. The summed E-state index contributed by atoms with van der Waals surface area (Å²) in [6.07, 6.45) is 1.37. The van der Waals surface area contributed by atoms with Gasteiger partial charge in [-0.3, -0.25) is 15.5 Å². The summed E-state index contributed by atoms with van der Waals surface area (Å²) in [5.41, 5.74) is 6.23. The van der Waals surface area contributed by atoms with Crippen LogP contribution in [0, 0.1) is 22.4 Å². The predicted octanol–water partition coefficient (Wildman–Crippen LogP) is 3.14. The normalized spacial score (nSPS) is 10.2. The van der Waals surface area contributed by atoms with Gasteiger partial charge in [-0.2, -0.15) is 0 Å². The molecule has 0 saturated carbocycles. The van der Waals surface area contributed by atoms with Crippen molar-refractivity contribution in [2.75, 3.05) is 0 Å². The van der Waals surface area contributed by atoms with Crippen molar-refractivity contribution in [2.24, 2.45) is 5.73 Å². The molecule has 0 fully saturated rings. The van der Waals surface area contributed by atoms with Crippen LogP contribution < -0.4 is 10.5 Å². The topological polar surface area (TPSA) is 115 Å². The van der Waals surface area contributed by atoms with Crippen LogP contribution in [0.1, 0.15) is 11.1 Å². The lowest BCUT2D eigenvalue weighted by Crippen LogP contribution is -2.11. The number of amidine groups is 1. The number of hydrogen-bond donors (Lipinski definition) is 2. The van der Waals surface area contributed by atoms with Crippen LogP contribution in [0.15, 0.2) is 34.9 Å². The monoisotopic (exact) mass is 350 g/mol. The zero-order valence-electron chi connectivity index (χ0n) is 11.0. The molecule has 21 heavy (non-hydrogen) atoms. The van der Waals surface area contributed by atoms with Crippen molar-refractivity contribution in [3.63, 3.8) is 0 Å². The Balaban J connectivity index is 2.39. The molecular weight excluding hydrogens is 340 g/mol. The second-order valence-electron chi connectivity index (χ2n) is 4.23. The zero-order chi connectivity index (χ0) is 15.6. The molecule has 0 saturated heterocycles. The van der Waals surface area contributed by atoms with Gasteiger partial charge in [-0.05, 0) is 19.1 Å². The van der Waals surface area contributed by atoms with Crippen molar-refractivity contribution in [3.05, 3.63) is 56.2 Å². The number of hydrogen-bond acceptors (Lipinski definition) is 5. The minimum atomic E-state index is -0.517. The number of nitro groups is 1. The van der Waals surface area contributed by atoms with Gasteiger partial charge >= 0.3 is 5.69 Å². The van der Waals surface area contributed by atoms with Crippen LogP contribution in [0.2, 0.25) is 0 Å². The summed E-state index contributed by atoms with van der Waals surface area (Å²) >= 11 is 3.21. The molecule has 1 heterocycles. The molecule has 0 aliphatic carbocycles. The van der Waals surface area contributed by atoms with Gasteiger partial charge in [0.15, 0.2) is 0 Å². The highest BCUT2D eigenvalue weighted by Crippen LogP contribution is 2.36. The van der Waals surface area contributed by atoms with Crippen LogP contribution in [-0.4, -0.2) is 15.7 Å². The zero-order valence-corrected chi connectivity index (χ0v) is 12.5. The third kappa shape index (κ3) is 3.34. The van der Waals surface area contributed by atoms with Crippen molar-refractivity contribution >= 4 is 27.5 Å². The van der Waals surface area contributed by atoms with E-state index in [0.717, 1.165) is 0 Å². The Morgan fingerprint density at radius 2 is 2.19 bits per heavy atom. The van der Waals surface area contributed by atoms with Crippen LogP contribution in [0.3, 0.4) is 0 Å². The van der Waals surface area contributed by atoms with Crippen molar-refractivity contribution in [1.29, 1.82) is 5.41 Å². The molecule has 0 spiro atoms. The molecule has 0 bridgehead atoms. The SMILES string of the molecule is Cc1cc(Br)cc([N+](=O)[O-])c1Oc1ccc(C(=N)N)cn1. The minimum absolute atomic E-state index is 0.111. The van der Waals surface area contributed by atoms with Crippen LogP contribution in [0.4, 0.5) is 5.69 Å². The van der Waals surface area contributed by atoms with E-state index in [-0.39, 0.29) is 23.2 Å². The molecule has 0 amide bonds. The van der Waals surface area contributed by atoms with Gasteiger partial charge in [0.1, 0.15) is 5.84 Å². The number of benzene rings is 1. The smallest absolute Gasteiger partial charge is 0.313 e. The van der Waals surface area contributed by atoms with Crippen LogP contribution in [-0.2, 0) is 0 Å². The van der Waals surface area contributed by atoms with Gasteiger partial charge in [-0.1, -0.05) is 15.9 Å². The first-order valence-electron chi connectivity index (χ1n) is 5.81. The van der Waals surface area contributed by atoms with Crippen molar-refractivity contribution < 1.29 is 9.66 Å². The number of nitro benzene ring substituents is 1. The average molecular weight is 351 g/mol. The van der Waals surface area contributed by atoms with E-state index >= 15 is 0 Å². The van der Waals surface area contributed by atoms with Crippen molar-refractivity contribution in [1.82, 2.24) is 4.98 Å². The lowest BCUT2D eigenvalue weighted by Gasteiger charge is -2.09. The summed E-state index contributed by atoms with van der Waals surface area (Å²) in [7, 11) is 0. The van der Waals surface area contributed by atoms with Gasteiger partial charge in [0.2, 0.25) is 11.6 Å². The van der Waals surface area contributed by atoms with Gasteiger partial charge in [-0.15, -0.1) is 0 Å². The predicted molar refractivity (Wildman–Crippen MR) is 80.9 cm³/mol. The van der Waals surface area contributed by atoms with E-state index in [1.54, 1.807) is 19.1 Å². The van der Waals surface area contributed by atoms with Gasteiger partial charge in [0, 0.05) is 33.9 Å². The molecule has 1 aromatic heterocycles. The molecule has 2 aromatic rings. The maximum Gasteiger partial charge on any atom is 0.313 e. The summed E-state index contributed by atoms with van der Waals surface area (Å²) in [4.78, 5) is 14.6. The molecule has 0 unspecified atom stereocenters. The highest BCUT2D eigenvalue weighted by Gasteiger charge is 2.20. The highest BCUT2D eigenvalue weighted by atomic mass is 79.9. The lowest BCUT2D eigenvalue weighted by molar-refractivity contribution is -0.385. The molecule has 0 radical (unpaired) electrons. The summed E-state index contributed by atoms with van der Waals surface area (Å²) < 4.78 is 6.10. The first-order chi connectivity index (χ1) is 9.88. The standard InChI is InChI=1S/C13H11BrN4O3/c1-7-4-9(14)5-10(18(19)20)12(7)21-11-3-2-8(6-17-11)13(15)16/h2-6H,1H3,(H3,15,16). The number of ether oxygens (including phenoxy) is 1. The van der Waals surface area contributed by atoms with E-state index in [1.165, 1.54) is 18.3 Å². The summed E-state index contributed by atoms with van der Waals surface area (Å²) in [6, 6.07) is 6.14. The first-order valence-corrected chi connectivity index (χ1v) is 6.60. The first kappa shape index (κ1) is 14.9. The number of rotatable bonds is 4. The number of aromatic nitrogens is 1. The van der Waals surface area contributed by atoms with E-state index in [4.69, 9.17) is 15.9 Å². The van der Waals surface area contributed by atoms with Gasteiger partial charge < -0.3 is 10.5 Å². The molecule has 1 aromatic carbocycles. The second-order valence-corrected chi connectivity index (χ2v) is 5.14. The van der Waals surface area contributed by atoms with Gasteiger partial charge in [-0.25, -0.2) is 4.98 Å². The Hall–Kier alpha value is -2.48. The van der Waals surface area contributed by atoms with Gasteiger partial charge in [0.25, 0.3) is 0 Å². The van der Waals surface area contributed by atoms with Crippen LogP contribution in [0.5, 0.6) is 11.6 Å². The Labute approximate surface area is 128 Å². The number of halogens is 1. The third-order valence-corrected chi connectivity index (χ3v) is 3.13. The largest absolute Gasteiger partial charge is 0.432 e. The van der Waals surface area contributed by atoms with E-state index < -0.39 is 4.92 Å². The van der Waals surface area contributed by atoms with E-state index in [9.17, 15) is 10.1 Å². The van der Waals surface area contributed by atoms with Crippen LogP contribution in [0.25, 0.3) is 0 Å². The number of nitrogen functional groups attached to an aromatic ring is 1. The molecular formula is C13H11BrN4O3. The molecule has 0 atom stereocenters. The quantitative estimate of drug-likeness (QED) is 0.380. The summed E-state index contributed by atoms with van der Waals surface area (Å²) in [5, 5.41) is 18.4. The molecule has 8 heteroatoms. The highest BCUT2D eigenvalue weighted by molar-refractivity contribution is 9.10. The van der Waals surface area contributed by atoms with E-state index in [2.05, 4.69) is 20.9 Å². The molecule has 108 valence electrons. The number of pyridine rings is 1. The second kappa shape index (κ2) is 5.88. The molecule has 7 nitrogen and oxygen atoms in total. The Bertz CT molecular complexity index is 716. The third-order valence-electron chi connectivity index (χ3n) is 2.67. The Kier molecular flexibility index (Phi) is 4.18. The number of aryl methyl sites for hydroxylation is 1. The maximum atomic E-state index is 11.1. The van der Waals surface area contributed by atoms with E-state index in [0.29, 0.717) is 15.6 Å². The average Bonchev–Trinajstić information content (AvgIpc) is 2.41. The number of nitrogens with one attached hydrogen (secondary N) is 1. The fourth-order valence-electron chi connectivity index (χ4n) is 1.69. The van der Waals surface area contributed by atoms with Crippen LogP contribution >= 0.6 is 15.9 Å². The molecule has 3 N–H and O–H groups in total. The van der Waals surface area contributed by atoms with Crippen molar-refractivity contribution in [2.45, 2.75) is 6.92 Å². The summed E-state index contributed by atoms with van der Waals surface area (Å²) in [5.74, 6) is 0.208. The molecule has 2 rings (SSSR count). The maximum absolute atomic E-state index is 11.1. The molecule has 0 aliphatic rings. The minimum Gasteiger partial charge on any atom is -0.432 e. The number of nitrogens with zero attached hydrogens (tertiary/aromatic N) is 2. The van der Waals surface area contributed by atoms with E-state index in [1.807, 2.05) is 0 Å². The Morgan fingerprint density at radius 3 is 2.71 bits per heavy atom. The van der Waals surface area contributed by atoms with Gasteiger partial charge in [0.05, 0.1) is 4.92 Å². The number of nitrogens with two attached hydrogens (primary N) is 1. The fraction of sp³-hybridized carbons (Fsp3) is 0.0769.